The van der Waals surface area contributed by atoms with Crippen LogP contribution in [0.2, 0.25) is 0 Å². The normalized spacial score (nSPS) is 11.1. The number of rotatable bonds is 2. The van der Waals surface area contributed by atoms with Crippen LogP contribution in [-0.2, 0) is 0 Å². The van der Waals surface area contributed by atoms with Gasteiger partial charge in [-0.25, -0.2) is 4.85 Å². The Bertz CT molecular complexity index is 596. The summed E-state index contributed by atoms with van der Waals surface area (Å²) >= 11 is 0. The quantitative estimate of drug-likeness (QED) is 0.522. The molecule has 0 heterocycles. The van der Waals surface area contributed by atoms with E-state index < -0.39 is 0 Å². The Kier molecular flexibility index (Phi) is 3.60. The van der Waals surface area contributed by atoms with Crippen molar-refractivity contribution in [2.75, 3.05) is 0 Å². The molecule has 1 heteroatoms. The molecular weight excluding hydrogens is 218 g/mol. The Hall–Kier alpha value is -2.33. The van der Waals surface area contributed by atoms with Gasteiger partial charge in [0.15, 0.2) is 5.70 Å². The van der Waals surface area contributed by atoms with Crippen molar-refractivity contribution in [1.82, 2.24) is 0 Å². The summed E-state index contributed by atoms with van der Waals surface area (Å²) in [7, 11) is 0. The smallest absolute Gasteiger partial charge is 0.194 e. The molecule has 0 saturated carbocycles. The summed E-state index contributed by atoms with van der Waals surface area (Å²) < 4.78 is 0. The Labute approximate surface area is 108 Å². The van der Waals surface area contributed by atoms with E-state index in [1.807, 2.05) is 49.4 Å². The van der Waals surface area contributed by atoms with Crippen molar-refractivity contribution in [1.29, 1.82) is 0 Å². The van der Waals surface area contributed by atoms with E-state index in [-0.39, 0.29) is 0 Å². The van der Waals surface area contributed by atoms with E-state index in [9.17, 15) is 0 Å². The summed E-state index contributed by atoms with van der Waals surface area (Å²) in [5, 5.41) is 0. The molecular formula is C17H15N. The molecule has 0 fully saturated rings. The van der Waals surface area contributed by atoms with Crippen LogP contribution < -0.4 is 0 Å². The Morgan fingerprint density at radius 2 is 1.39 bits per heavy atom. The Balaban J connectivity index is 2.37. The second kappa shape index (κ2) is 5.33. The van der Waals surface area contributed by atoms with Crippen molar-refractivity contribution in [2.24, 2.45) is 0 Å². The van der Waals surface area contributed by atoms with E-state index in [1.165, 1.54) is 11.1 Å². The predicted octanol–water partition coefficient (Wildman–Crippen LogP) is 4.72. The first-order valence-electron chi connectivity index (χ1n) is 5.92. The van der Waals surface area contributed by atoms with Crippen LogP contribution in [-0.4, -0.2) is 0 Å². The molecule has 88 valence electrons. The van der Waals surface area contributed by atoms with Crippen molar-refractivity contribution in [2.45, 2.75) is 13.8 Å². The first kappa shape index (κ1) is 12.1. The number of hydrogen-bond acceptors (Lipinski definition) is 0. The molecule has 2 aromatic carbocycles. The van der Waals surface area contributed by atoms with Crippen LogP contribution in [0.3, 0.4) is 0 Å². The van der Waals surface area contributed by atoms with Crippen molar-refractivity contribution >= 4 is 11.8 Å². The van der Waals surface area contributed by atoms with Crippen LogP contribution in [0.5, 0.6) is 0 Å². The minimum Gasteiger partial charge on any atom is -0.238 e. The van der Waals surface area contributed by atoms with E-state index in [0.717, 1.165) is 11.1 Å². The third kappa shape index (κ3) is 2.87. The summed E-state index contributed by atoms with van der Waals surface area (Å²) in [5.74, 6) is 0. The lowest BCUT2D eigenvalue weighted by atomic mass is 10.1. The fourth-order valence-corrected chi connectivity index (χ4v) is 1.73. The average molecular weight is 233 g/mol. The summed E-state index contributed by atoms with van der Waals surface area (Å²) in [5.41, 5.74) is 5.15. The third-order valence-electron chi connectivity index (χ3n) is 2.85. The van der Waals surface area contributed by atoms with Crippen LogP contribution in [0.1, 0.15) is 22.3 Å². The molecule has 0 amide bonds. The lowest BCUT2D eigenvalue weighted by Crippen LogP contribution is -1.81. The van der Waals surface area contributed by atoms with Gasteiger partial charge < -0.3 is 0 Å². The molecule has 2 rings (SSSR count). The molecule has 0 radical (unpaired) electrons. The van der Waals surface area contributed by atoms with E-state index in [2.05, 4.69) is 23.9 Å². The molecule has 0 unspecified atom stereocenters. The topological polar surface area (TPSA) is 4.36 Å². The molecule has 2 aromatic rings. The Morgan fingerprint density at radius 3 is 1.89 bits per heavy atom. The molecule has 18 heavy (non-hydrogen) atoms. The molecule has 1 nitrogen and oxygen atoms in total. The van der Waals surface area contributed by atoms with Gasteiger partial charge in [0.1, 0.15) is 0 Å². The van der Waals surface area contributed by atoms with Crippen LogP contribution in [0, 0.1) is 20.4 Å². The third-order valence-corrected chi connectivity index (χ3v) is 2.85. The highest BCUT2D eigenvalue weighted by Crippen LogP contribution is 2.20. The predicted molar refractivity (Wildman–Crippen MR) is 76.8 cm³/mol. The van der Waals surface area contributed by atoms with Gasteiger partial charge in [-0.05, 0) is 31.1 Å². The maximum atomic E-state index is 7.30. The fourth-order valence-electron chi connectivity index (χ4n) is 1.73. The molecule has 0 aliphatic rings. The summed E-state index contributed by atoms with van der Waals surface area (Å²) in [6.45, 7) is 11.4. The van der Waals surface area contributed by atoms with Crippen molar-refractivity contribution < 1.29 is 0 Å². The molecule has 0 aliphatic heterocycles. The molecule has 0 spiro atoms. The van der Waals surface area contributed by atoms with E-state index >= 15 is 0 Å². The minimum atomic E-state index is 0.679. The van der Waals surface area contributed by atoms with Crippen molar-refractivity contribution in [3.63, 3.8) is 0 Å². The minimum absolute atomic E-state index is 0.679. The zero-order valence-electron chi connectivity index (χ0n) is 10.6. The maximum Gasteiger partial charge on any atom is 0.194 e. The van der Waals surface area contributed by atoms with Gasteiger partial charge in [0.2, 0.25) is 0 Å². The molecule has 0 N–H and O–H groups in total. The van der Waals surface area contributed by atoms with Gasteiger partial charge in [0.25, 0.3) is 0 Å². The second-order valence-electron chi connectivity index (χ2n) is 4.42. The van der Waals surface area contributed by atoms with Gasteiger partial charge in [0.05, 0.1) is 6.57 Å². The van der Waals surface area contributed by atoms with Gasteiger partial charge in [-0.3, -0.25) is 0 Å². The van der Waals surface area contributed by atoms with Gasteiger partial charge in [-0.15, -0.1) is 0 Å². The van der Waals surface area contributed by atoms with Crippen LogP contribution >= 0.6 is 0 Å². The number of aryl methyl sites for hydroxylation is 2. The summed E-state index contributed by atoms with van der Waals surface area (Å²) in [6, 6.07) is 16.2. The van der Waals surface area contributed by atoms with Crippen LogP contribution in [0.25, 0.3) is 16.6 Å². The highest BCUT2D eigenvalue weighted by Gasteiger charge is 2.01. The standard InChI is InChI=1S/C17H15N/c1-13-4-8-15(9-5-13)12-17(18-3)16-10-6-14(2)7-11-16/h4-12H,1-2H3/b17-12-. The zero-order valence-corrected chi connectivity index (χ0v) is 10.6. The van der Waals surface area contributed by atoms with Gasteiger partial charge >= 0.3 is 0 Å². The Morgan fingerprint density at radius 1 is 0.889 bits per heavy atom. The first-order chi connectivity index (χ1) is 8.69. The average Bonchev–Trinajstić information content (AvgIpc) is 2.39. The molecule has 0 saturated heterocycles. The van der Waals surface area contributed by atoms with Crippen molar-refractivity contribution in [3.05, 3.63) is 82.2 Å². The molecule has 0 atom stereocenters. The maximum absolute atomic E-state index is 7.30. The largest absolute Gasteiger partial charge is 0.238 e. The highest BCUT2D eigenvalue weighted by molar-refractivity contribution is 5.85. The number of hydrogen-bond donors (Lipinski definition) is 0. The molecule has 0 aromatic heterocycles. The highest BCUT2D eigenvalue weighted by atomic mass is 14.7. The summed E-state index contributed by atoms with van der Waals surface area (Å²) in [6.07, 6.45) is 1.93. The lowest BCUT2D eigenvalue weighted by molar-refractivity contribution is 1.45. The van der Waals surface area contributed by atoms with E-state index in [1.54, 1.807) is 0 Å². The number of nitrogens with zero attached hydrogens (tertiary/aromatic N) is 1. The van der Waals surface area contributed by atoms with Crippen LogP contribution in [0.15, 0.2) is 48.5 Å². The fraction of sp³-hybridized carbons (Fsp3) is 0.118. The van der Waals surface area contributed by atoms with E-state index in [0.29, 0.717) is 5.70 Å². The van der Waals surface area contributed by atoms with Crippen molar-refractivity contribution in [3.8, 4) is 0 Å². The van der Waals surface area contributed by atoms with Gasteiger partial charge in [0, 0.05) is 0 Å². The number of benzene rings is 2. The van der Waals surface area contributed by atoms with Gasteiger partial charge in [-0.1, -0.05) is 59.7 Å². The lowest BCUT2D eigenvalue weighted by Gasteiger charge is -2.01. The molecule has 0 bridgehead atoms. The van der Waals surface area contributed by atoms with E-state index in [4.69, 9.17) is 6.57 Å². The monoisotopic (exact) mass is 233 g/mol. The SMILES string of the molecule is [C-]#[N+]/C(=C\c1ccc(C)cc1)c1ccc(C)cc1. The molecule has 0 aliphatic carbocycles. The second-order valence-corrected chi connectivity index (χ2v) is 4.42. The zero-order chi connectivity index (χ0) is 13.0. The van der Waals surface area contributed by atoms with Gasteiger partial charge in [-0.2, -0.15) is 0 Å². The van der Waals surface area contributed by atoms with Crippen LogP contribution in [0.4, 0.5) is 0 Å². The first-order valence-corrected chi connectivity index (χ1v) is 5.92. The summed E-state index contributed by atoms with van der Waals surface area (Å²) in [4.78, 5) is 3.62.